The van der Waals surface area contributed by atoms with Gasteiger partial charge in [0, 0.05) is 6.54 Å². The molecule has 4 rings (SSSR count). The minimum Gasteiger partial charge on any atom is -0.507 e. The van der Waals surface area contributed by atoms with Crippen LogP contribution in [0.3, 0.4) is 0 Å². The third-order valence-corrected chi connectivity index (χ3v) is 7.09. The molecule has 0 saturated carbocycles. The van der Waals surface area contributed by atoms with E-state index in [-0.39, 0.29) is 23.3 Å². The molecular formula is C32H35NO6. The van der Waals surface area contributed by atoms with Crippen LogP contribution in [0.1, 0.15) is 49.1 Å². The minimum atomic E-state index is -0.780. The van der Waals surface area contributed by atoms with E-state index in [2.05, 4.69) is 20.8 Å². The number of nitrogens with zero attached hydrogens (tertiary/aromatic N) is 1. The van der Waals surface area contributed by atoms with Gasteiger partial charge in [-0.25, -0.2) is 0 Å². The molecule has 0 bridgehead atoms. The Morgan fingerprint density at radius 2 is 1.44 bits per heavy atom. The minimum absolute atomic E-state index is 0.0317. The molecule has 1 heterocycles. The molecule has 39 heavy (non-hydrogen) atoms. The van der Waals surface area contributed by atoms with Crippen molar-refractivity contribution >= 4 is 17.4 Å². The number of aliphatic hydroxyl groups excluding tert-OH is 1. The zero-order valence-corrected chi connectivity index (χ0v) is 23.3. The van der Waals surface area contributed by atoms with Crippen molar-refractivity contribution in [1.82, 2.24) is 4.90 Å². The summed E-state index contributed by atoms with van der Waals surface area (Å²) < 4.78 is 16.1. The number of rotatable bonds is 8. The second-order valence-electron chi connectivity index (χ2n) is 10.5. The zero-order valence-electron chi connectivity index (χ0n) is 23.3. The molecule has 7 heteroatoms. The first-order valence-corrected chi connectivity index (χ1v) is 12.8. The number of hydrogen-bond acceptors (Lipinski definition) is 6. The highest BCUT2D eigenvalue weighted by molar-refractivity contribution is 6.46. The topological polar surface area (TPSA) is 85.3 Å². The standard InChI is InChI=1S/C32H35NO6/c1-32(2,3)22-11-16-26(39-6)25(19-22)29(34)27-28(21-9-14-24(38-5)15-10-21)33(31(36)30(27)35)18-17-20-7-12-23(37-4)13-8-20/h7-16,19,28,34H,17-18H2,1-6H3/b29-27+. The molecule has 3 aromatic rings. The average Bonchev–Trinajstić information content (AvgIpc) is 3.20. The van der Waals surface area contributed by atoms with Gasteiger partial charge < -0.3 is 24.2 Å². The van der Waals surface area contributed by atoms with E-state index in [4.69, 9.17) is 14.2 Å². The van der Waals surface area contributed by atoms with Crippen LogP contribution in [0.15, 0.2) is 72.3 Å². The van der Waals surface area contributed by atoms with Crippen molar-refractivity contribution in [3.63, 3.8) is 0 Å². The van der Waals surface area contributed by atoms with Gasteiger partial charge in [0.2, 0.25) is 0 Å². The fraction of sp³-hybridized carbons (Fsp3) is 0.312. The lowest BCUT2D eigenvalue weighted by Crippen LogP contribution is -2.31. The van der Waals surface area contributed by atoms with E-state index < -0.39 is 17.7 Å². The second kappa shape index (κ2) is 11.2. The molecule has 3 aromatic carbocycles. The molecule has 0 radical (unpaired) electrons. The van der Waals surface area contributed by atoms with Crippen molar-refractivity contribution in [2.24, 2.45) is 0 Å². The molecule has 0 aliphatic carbocycles. The summed E-state index contributed by atoms with van der Waals surface area (Å²) in [7, 11) is 4.69. The lowest BCUT2D eigenvalue weighted by molar-refractivity contribution is -0.139. The number of aliphatic hydroxyl groups is 1. The van der Waals surface area contributed by atoms with Gasteiger partial charge >= 0.3 is 0 Å². The Morgan fingerprint density at radius 3 is 1.97 bits per heavy atom. The number of methoxy groups -OCH3 is 3. The molecule has 1 N–H and O–H groups in total. The lowest BCUT2D eigenvalue weighted by atomic mass is 9.85. The van der Waals surface area contributed by atoms with Crippen molar-refractivity contribution in [3.8, 4) is 17.2 Å². The Morgan fingerprint density at radius 1 is 0.846 bits per heavy atom. The summed E-state index contributed by atoms with van der Waals surface area (Å²) in [6, 6.07) is 19.5. The van der Waals surface area contributed by atoms with E-state index in [1.807, 2.05) is 48.5 Å². The smallest absolute Gasteiger partial charge is 0.295 e. The molecule has 204 valence electrons. The Kier molecular flexibility index (Phi) is 8.00. The van der Waals surface area contributed by atoms with Crippen molar-refractivity contribution in [1.29, 1.82) is 0 Å². The Labute approximate surface area is 229 Å². The highest BCUT2D eigenvalue weighted by Gasteiger charge is 2.46. The predicted molar refractivity (Wildman–Crippen MR) is 150 cm³/mol. The molecule has 1 amide bonds. The first-order chi connectivity index (χ1) is 18.6. The number of amides is 1. The third kappa shape index (κ3) is 5.62. The van der Waals surface area contributed by atoms with Crippen LogP contribution in [0.5, 0.6) is 17.2 Å². The van der Waals surface area contributed by atoms with Gasteiger partial charge in [-0.1, -0.05) is 51.1 Å². The first-order valence-electron chi connectivity index (χ1n) is 12.8. The molecule has 0 spiro atoms. The maximum atomic E-state index is 13.5. The van der Waals surface area contributed by atoms with E-state index in [0.29, 0.717) is 29.0 Å². The monoisotopic (exact) mass is 529 g/mol. The lowest BCUT2D eigenvalue weighted by Gasteiger charge is -2.26. The van der Waals surface area contributed by atoms with Crippen molar-refractivity contribution in [3.05, 3.63) is 94.6 Å². The quantitative estimate of drug-likeness (QED) is 0.230. The van der Waals surface area contributed by atoms with Crippen LogP contribution in [0.4, 0.5) is 0 Å². The van der Waals surface area contributed by atoms with Gasteiger partial charge in [0.25, 0.3) is 11.7 Å². The zero-order chi connectivity index (χ0) is 28.3. The predicted octanol–water partition coefficient (Wildman–Crippen LogP) is 5.67. The number of ketones is 1. The summed E-state index contributed by atoms with van der Waals surface area (Å²) in [6.07, 6.45) is 0.520. The van der Waals surface area contributed by atoms with Crippen LogP contribution in [0, 0.1) is 0 Å². The summed E-state index contributed by atoms with van der Waals surface area (Å²) in [5, 5.41) is 11.7. The summed E-state index contributed by atoms with van der Waals surface area (Å²) in [5.41, 5.74) is 2.84. The molecule has 1 aliphatic rings. The SMILES string of the molecule is COc1ccc(CCN2C(=O)C(=O)/C(=C(/O)c3cc(C(C)(C)C)ccc3OC)C2c2ccc(OC)cc2)cc1. The van der Waals surface area contributed by atoms with Crippen LogP contribution in [0.25, 0.3) is 5.76 Å². The number of likely N-dealkylation sites (tertiary alicyclic amines) is 1. The molecule has 1 aliphatic heterocycles. The number of Topliss-reactive ketones (excluding diaryl/α,β-unsaturated/α-hetero) is 1. The molecular weight excluding hydrogens is 494 g/mol. The number of benzene rings is 3. The number of hydrogen-bond donors (Lipinski definition) is 1. The van der Waals surface area contributed by atoms with Crippen LogP contribution in [-0.4, -0.2) is 49.6 Å². The Balaban J connectivity index is 1.83. The molecule has 1 fully saturated rings. The van der Waals surface area contributed by atoms with Crippen molar-refractivity contribution in [2.45, 2.75) is 38.6 Å². The second-order valence-corrected chi connectivity index (χ2v) is 10.5. The van der Waals surface area contributed by atoms with Crippen LogP contribution >= 0.6 is 0 Å². The summed E-state index contributed by atoms with van der Waals surface area (Å²) in [4.78, 5) is 28.5. The first kappa shape index (κ1) is 27.8. The normalized spacial score (nSPS) is 16.9. The van der Waals surface area contributed by atoms with Gasteiger partial charge in [-0.2, -0.15) is 0 Å². The van der Waals surface area contributed by atoms with Gasteiger partial charge in [-0.3, -0.25) is 9.59 Å². The fourth-order valence-corrected chi connectivity index (χ4v) is 4.79. The highest BCUT2D eigenvalue weighted by Crippen LogP contribution is 2.42. The van der Waals surface area contributed by atoms with Gasteiger partial charge in [0.1, 0.15) is 23.0 Å². The summed E-state index contributed by atoms with van der Waals surface area (Å²) >= 11 is 0. The third-order valence-electron chi connectivity index (χ3n) is 7.09. The van der Waals surface area contributed by atoms with Crippen LogP contribution in [-0.2, 0) is 21.4 Å². The highest BCUT2D eigenvalue weighted by atomic mass is 16.5. The van der Waals surface area contributed by atoms with E-state index >= 15 is 0 Å². The van der Waals surface area contributed by atoms with E-state index in [9.17, 15) is 14.7 Å². The maximum Gasteiger partial charge on any atom is 0.295 e. The molecule has 1 saturated heterocycles. The summed E-state index contributed by atoms with van der Waals surface area (Å²) in [6.45, 7) is 6.47. The number of carbonyl (C=O) groups excluding carboxylic acids is 2. The largest absolute Gasteiger partial charge is 0.507 e. The van der Waals surface area contributed by atoms with Crippen molar-refractivity contribution in [2.75, 3.05) is 27.9 Å². The van der Waals surface area contributed by atoms with E-state index in [0.717, 1.165) is 16.9 Å². The Bertz CT molecular complexity index is 1380. The number of ether oxygens (including phenoxy) is 3. The van der Waals surface area contributed by atoms with Gasteiger partial charge in [0.05, 0.1) is 38.5 Å². The van der Waals surface area contributed by atoms with E-state index in [1.54, 1.807) is 32.4 Å². The van der Waals surface area contributed by atoms with Gasteiger partial charge in [0.15, 0.2) is 0 Å². The molecule has 1 atom stereocenters. The molecule has 7 nitrogen and oxygen atoms in total. The average molecular weight is 530 g/mol. The maximum absolute atomic E-state index is 13.5. The van der Waals surface area contributed by atoms with Crippen molar-refractivity contribution < 1.29 is 28.9 Å². The Hall–Kier alpha value is -4.26. The van der Waals surface area contributed by atoms with E-state index in [1.165, 1.54) is 12.0 Å². The van der Waals surface area contributed by atoms with Gasteiger partial charge in [-0.05, 0) is 64.9 Å². The summed E-state index contributed by atoms with van der Waals surface area (Å²) in [5.74, 6) is 0.155. The number of carbonyl (C=O) groups is 2. The van der Waals surface area contributed by atoms with Gasteiger partial charge in [-0.15, -0.1) is 0 Å². The molecule has 0 aromatic heterocycles. The molecule has 1 unspecified atom stereocenters. The van der Waals surface area contributed by atoms with Crippen LogP contribution in [0.2, 0.25) is 0 Å². The van der Waals surface area contributed by atoms with Crippen LogP contribution < -0.4 is 14.2 Å². The fourth-order valence-electron chi connectivity index (χ4n) is 4.79.